The van der Waals surface area contributed by atoms with E-state index in [4.69, 9.17) is 5.73 Å². The van der Waals surface area contributed by atoms with Gasteiger partial charge in [-0.2, -0.15) is 0 Å². The van der Waals surface area contributed by atoms with Crippen LogP contribution in [-0.2, 0) is 12.8 Å². The van der Waals surface area contributed by atoms with Crippen LogP contribution in [0.2, 0.25) is 0 Å². The third-order valence-corrected chi connectivity index (χ3v) is 3.87. The zero-order valence-electron chi connectivity index (χ0n) is 11.4. The lowest BCUT2D eigenvalue weighted by atomic mass is 9.90. The van der Waals surface area contributed by atoms with E-state index in [1.54, 1.807) is 0 Å². The van der Waals surface area contributed by atoms with Crippen molar-refractivity contribution in [2.45, 2.75) is 32.6 Å². The van der Waals surface area contributed by atoms with Crippen molar-refractivity contribution in [1.29, 1.82) is 0 Å². The Morgan fingerprint density at radius 3 is 2.68 bits per heavy atom. The molecule has 0 fully saturated rings. The summed E-state index contributed by atoms with van der Waals surface area (Å²) in [4.78, 5) is 0. The number of benzene rings is 2. The van der Waals surface area contributed by atoms with E-state index in [-0.39, 0.29) is 0 Å². The first kappa shape index (κ1) is 12.1. The zero-order valence-corrected chi connectivity index (χ0v) is 11.4. The van der Waals surface area contributed by atoms with Gasteiger partial charge in [-0.05, 0) is 67.5 Å². The molecule has 0 saturated heterocycles. The average Bonchev–Trinajstić information content (AvgIpc) is 2.42. The lowest BCUT2D eigenvalue weighted by Gasteiger charge is -2.20. The van der Waals surface area contributed by atoms with E-state index in [1.165, 1.54) is 48.1 Å². The molecular weight excluding hydrogens is 232 g/mol. The summed E-state index contributed by atoms with van der Waals surface area (Å²) in [5.74, 6) is 0. The molecule has 1 aliphatic rings. The van der Waals surface area contributed by atoms with Gasteiger partial charge in [0, 0.05) is 5.69 Å². The molecule has 3 rings (SSSR count). The average molecular weight is 252 g/mol. The van der Waals surface area contributed by atoms with Crippen molar-refractivity contribution in [3.8, 4) is 0 Å². The highest BCUT2D eigenvalue weighted by Crippen LogP contribution is 2.31. The van der Waals surface area contributed by atoms with Crippen molar-refractivity contribution >= 4 is 17.1 Å². The van der Waals surface area contributed by atoms with Crippen LogP contribution in [0.4, 0.5) is 17.1 Å². The molecule has 0 amide bonds. The molecule has 0 heterocycles. The number of rotatable bonds is 2. The van der Waals surface area contributed by atoms with Crippen molar-refractivity contribution < 1.29 is 0 Å². The summed E-state index contributed by atoms with van der Waals surface area (Å²) in [7, 11) is 0. The topological polar surface area (TPSA) is 38.0 Å². The van der Waals surface area contributed by atoms with Crippen molar-refractivity contribution in [2.24, 2.45) is 0 Å². The molecular formula is C17H20N2. The van der Waals surface area contributed by atoms with Gasteiger partial charge in [-0.15, -0.1) is 0 Å². The van der Waals surface area contributed by atoms with E-state index in [9.17, 15) is 0 Å². The molecule has 19 heavy (non-hydrogen) atoms. The maximum Gasteiger partial charge on any atom is 0.0618 e. The molecule has 2 nitrogen and oxygen atoms in total. The first-order valence-electron chi connectivity index (χ1n) is 6.98. The van der Waals surface area contributed by atoms with Gasteiger partial charge in [-0.1, -0.05) is 18.2 Å². The fourth-order valence-corrected chi connectivity index (χ4v) is 2.84. The summed E-state index contributed by atoms with van der Waals surface area (Å²) >= 11 is 0. The van der Waals surface area contributed by atoms with Gasteiger partial charge in [-0.25, -0.2) is 0 Å². The highest BCUT2D eigenvalue weighted by atomic mass is 14.9. The molecule has 1 aliphatic carbocycles. The maximum absolute atomic E-state index is 6.08. The highest BCUT2D eigenvalue weighted by molar-refractivity contribution is 5.75. The second-order valence-electron chi connectivity index (χ2n) is 5.37. The monoisotopic (exact) mass is 252 g/mol. The molecule has 0 unspecified atom stereocenters. The molecule has 0 aromatic heterocycles. The van der Waals surface area contributed by atoms with Crippen LogP contribution in [0, 0.1) is 6.92 Å². The number of nitrogen functional groups attached to an aromatic ring is 1. The normalized spacial score (nSPS) is 13.9. The molecule has 3 N–H and O–H groups in total. The Kier molecular flexibility index (Phi) is 3.16. The van der Waals surface area contributed by atoms with Crippen molar-refractivity contribution in [1.82, 2.24) is 0 Å². The number of aryl methyl sites for hydroxylation is 2. The van der Waals surface area contributed by atoms with E-state index in [1.807, 2.05) is 6.07 Å². The summed E-state index contributed by atoms with van der Waals surface area (Å²) in [5, 5.41) is 3.50. The van der Waals surface area contributed by atoms with Gasteiger partial charge in [0.25, 0.3) is 0 Å². The molecule has 2 heteroatoms. The van der Waals surface area contributed by atoms with Crippen LogP contribution in [0.15, 0.2) is 36.4 Å². The Hall–Kier alpha value is -1.96. The van der Waals surface area contributed by atoms with Crippen LogP contribution in [0.25, 0.3) is 0 Å². The van der Waals surface area contributed by atoms with Gasteiger partial charge in [0.05, 0.1) is 11.4 Å². The smallest absolute Gasteiger partial charge is 0.0618 e. The second-order valence-corrected chi connectivity index (χ2v) is 5.37. The molecule has 0 aliphatic heterocycles. The Bertz CT molecular complexity index is 602. The highest BCUT2D eigenvalue weighted by Gasteiger charge is 2.13. The fourth-order valence-electron chi connectivity index (χ4n) is 2.84. The number of fused-ring (bicyclic) bond motifs is 1. The summed E-state index contributed by atoms with van der Waals surface area (Å²) in [6.45, 7) is 2.06. The van der Waals surface area contributed by atoms with Crippen LogP contribution in [-0.4, -0.2) is 0 Å². The van der Waals surface area contributed by atoms with Crippen molar-refractivity contribution in [2.75, 3.05) is 11.1 Å². The van der Waals surface area contributed by atoms with Gasteiger partial charge >= 0.3 is 0 Å². The second kappa shape index (κ2) is 4.96. The molecule has 0 radical (unpaired) electrons. The molecule has 2 aromatic rings. The zero-order chi connectivity index (χ0) is 13.2. The third-order valence-electron chi connectivity index (χ3n) is 3.87. The first-order chi connectivity index (χ1) is 9.24. The minimum atomic E-state index is 0.813. The predicted molar refractivity (Wildman–Crippen MR) is 82.0 cm³/mol. The van der Waals surface area contributed by atoms with E-state index in [0.717, 1.165) is 11.4 Å². The standard InChI is InChI=1S/C17H20N2/c1-12-9-10-17(15(18)11-12)19-16-8-4-6-13-5-2-3-7-14(13)16/h4,6,8-11,19H,2-3,5,7,18H2,1H3. The molecule has 98 valence electrons. The molecule has 2 aromatic carbocycles. The van der Waals surface area contributed by atoms with E-state index < -0.39 is 0 Å². The lowest BCUT2D eigenvalue weighted by molar-refractivity contribution is 0.687. The quantitative estimate of drug-likeness (QED) is 0.786. The Balaban J connectivity index is 1.95. The molecule has 0 spiro atoms. The Morgan fingerprint density at radius 2 is 1.84 bits per heavy atom. The first-order valence-corrected chi connectivity index (χ1v) is 6.98. The third kappa shape index (κ3) is 2.43. The van der Waals surface area contributed by atoms with Crippen molar-refractivity contribution in [3.05, 3.63) is 53.1 Å². The maximum atomic E-state index is 6.08. The van der Waals surface area contributed by atoms with Crippen LogP contribution >= 0.6 is 0 Å². The van der Waals surface area contributed by atoms with Crippen LogP contribution in [0.5, 0.6) is 0 Å². The molecule has 0 atom stereocenters. The Morgan fingerprint density at radius 1 is 1.00 bits per heavy atom. The van der Waals surface area contributed by atoms with Crippen LogP contribution in [0.1, 0.15) is 29.5 Å². The van der Waals surface area contributed by atoms with Gasteiger partial charge in [0.15, 0.2) is 0 Å². The largest absolute Gasteiger partial charge is 0.397 e. The molecule has 0 saturated carbocycles. The lowest BCUT2D eigenvalue weighted by Crippen LogP contribution is -2.06. The number of hydrogen-bond acceptors (Lipinski definition) is 2. The number of nitrogens with one attached hydrogen (secondary N) is 1. The minimum absolute atomic E-state index is 0.813. The summed E-state index contributed by atoms with van der Waals surface area (Å²) in [6.07, 6.45) is 4.97. The van der Waals surface area contributed by atoms with E-state index >= 15 is 0 Å². The van der Waals surface area contributed by atoms with Gasteiger partial charge < -0.3 is 11.1 Å². The van der Waals surface area contributed by atoms with Crippen molar-refractivity contribution in [3.63, 3.8) is 0 Å². The van der Waals surface area contributed by atoms with Gasteiger partial charge in [0.2, 0.25) is 0 Å². The number of nitrogens with two attached hydrogens (primary N) is 1. The summed E-state index contributed by atoms with van der Waals surface area (Å²) in [5.41, 5.74) is 13.3. The Labute approximate surface area is 114 Å². The van der Waals surface area contributed by atoms with E-state index in [2.05, 4.69) is 42.6 Å². The van der Waals surface area contributed by atoms with Gasteiger partial charge in [0.1, 0.15) is 0 Å². The number of anilines is 3. The summed E-state index contributed by atoms with van der Waals surface area (Å²) in [6, 6.07) is 12.7. The minimum Gasteiger partial charge on any atom is -0.397 e. The fraction of sp³-hybridized carbons (Fsp3) is 0.294. The molecule has 0 bridgehead atoms. The predicted octanol–water partition coefficient (Wildman–Crippen LogP) is 4.20. The van der Waals surface area contributed by atoms with E-state index in [0.29, 0.717) is 0 Å². The number of hydrogen-bond donors (Lipinski definition) is 2. The van der Waals surface area contributed by atoms with Gasteiger partial charge in [-0.3, -0.25) is 0 Å². The summed E-state index contributed by atoms with van der Waals surface area (Å²) < 4.78 is 0. The van der Waals surface area contributed by atoms with Crippen LogP contribution in [0.3, 0.4) is 0 Å². The van der Waals surface area contributed by atoms with Crippen LogP contribution < -0.4 is 11.1 Å². The SMILES string of the molecule is Cc1ccc(Nc2cccc3c2CCCC3)c(N)c1.